The number of hydrogen-bond donors (Lipinski definition) is 1. The van der Waals surface area contributed by atoms with Crippen LogP contribution in [0.3, 0.4) is 0 Å². The van der Waals surface area contributed by atoms with Crippen LogP contribution in [0.15, 0.2) is 78.9 Å². The van der Waals surface area contributed by atoms with Crippen LogP contribution in [0.1, 0.15) is 35.6 Å². The van der Waals surface area contributed by atoms with E-state index in [1.165, 1.54) is 6.07 Å². The third-order valence-electron chi connectivity index (χ3n) is 5.82. The summed E-state index contributed by atoms with van der Waals surface area (Å²) >= 11 is 0. The highest BCUT2D eigenvalue weighted by atomic mass is 16.6. The predicted molar refractivity (Wildman–Crippen MR) is 136 cm³/mol. The SMILES string of the molecule is CCCNC(=O)[C@@H](Cc1ccccc1)N(Cc1ccc(C)cc1)C(=O)Cc1ccccc1[N+](=O)[O-]. The first kappa shape index (κ1) is 25.6. The Morgan fingerprint density at radius 3 is 2.26 bits per heavy atom. The lowest BCUT2D eigenvalue weighted by Crippen LogP contribution is -2.51. The van der Waals surface area contributed by atoms with E-state index in [2.05, 4.69) is 5.32 Å². The van der Waals surface area contributed by atoms with E-state index >= 15 is 0 Å². The van der Waals surface area contributed by atoms with Gasteiger partial charge in [0, 0.05) is 31.1 Å². The molecule has 0 saturated heterocycles. The Labute approximate surface area is 205 Å². The van der Waals surface area contributed by atoms with Gasteiger partial charge in [0.05, 0.1) is 11.3 Å². The van der Waals surface area contributed by atoms with Gasteiger partial charge >= 0.3 is 0 Å². The topological polar surface area (TPSA) is 92.6 Å². The number of carbonyl (C=O) groups is 2. The molecule has 2 amide bonds. The Kier molecular flexibility index (Phi) is 9.12. The van der Waals surface area contributed by atoms with Gasteiger partial charge in [0.2, 0.25) is 11.8 Å². The summed E-state index contributed by atoms with van der Waals surface area (Å²) in [6.07, 6.45) is 0.937. The van der Waals surface area contributed by atoms with E-state index in [0.29, 0.717) is 18.5 Å². The van der Waals surface area contributed by atoms with E-state index in [4.69, 9.17) is 0 Å². The van der Waals surface area contributed by atoms with Gasteiger partial charge < -0.3 is 10.2 Å². The van der Waals surface area contributed by atoms with E-state index in [-0.39, 0.29) is 30.5 Å². The van der Waals surface area contributed by atoms with Gasteiger partial charge in [-0.2, -0.15) is 0 Å². The second-order valence-corrected chi connectivity index (χ2v) is 8.57. The van der Waals surface area contributed by atoms with Crippen molar-refractivity contribution in [3.05, 3.63) is 111 Å². The molecule has 0 heterocycles. The lowest BCUT2D eigenvalue weighted by atomic mass is 10.0. The van der Waals surface area contributed by atoms with Crippen LogP contribution in [0.2, 0.25) is 0 Å². The molecule has 1 atom stereocenters. The average Bonchev–Trinajstić information content (AvgIpc) is 2.86. The zero-order valence-corrected chi connectivity index (χ0v) is 20.1. The maximum absolute atomic E-state index is 13.7. The number of para-hydroxylation sites is 1. The Morgan fingerprint density at radius 2 is 1.60 bits per heavy atom. The highest BCUT2D eigenvalue weighted by Crippen LogP contribution is 2.21. The molecule has 0 aliphatic heterocycles. The molecule has 3 aromatic carbocycles. The van der Waals surface area contributed by atoms with Crippen LogP contribution in [-0.2, 0) is 29.0 Å². The Hall–Kier alpha value is -4.00. The van der Waals surface area contributed by atoms with Crippen LogP contribution in [0.5, 0.6) is 0 Å². The summed E-state index contributed by atoms with van der Waals surface area (Å²) < 4.78 is 0. The first-order valence-electron chi connectivity index (χ1n) is 11.8. The Balaban J connectivity index is 1.99. The van der Waals surface area contributed by atoms with Crippen LogP contribution >= 0.6 is 0 Å². The largest absolute Gasteiger partial charge is 0.354 e. The van der Waals surface area contributed by atoms with E-state index < -0.39 is 11.0 Å². The molecule has 0 aromatic heterocycles. The van der Waals surface area contributed by atoms with E-state index in [1.807, 2.05) is 68.4 Å². The molecule has 0 radical (unpaired) electrons. The number of carbonyl (C=O) groups excluding carboxylic acids is 2. The van der Waals surface area contributed by atoms with E-state index in [9.17, 15) is 19.7 Å². The van der Waals surface area contributed by atoms with Gasteiger partial charge in [-0.3, -0.25) is 19.7 Å². The number of nitro groups is 1. The van der Waals surface area contributed by atoms with Crippen LogP contribution in [0, 0.1) is 17.0 Å². The molecule has 0 aliphatic carbocycles. The van der Waals surface area contributed by atoms with Crippen LogP contribution in [0.25, 0.3) is 0 Å². The third-order valence-corrected chi connectivity index (χ3v) is 5.82. The van der Waals surface area contributed by atoms with Crippen molar-refractivity contribution >= 4 is 17.5 Å². The highest BCUT2D eigenvalue weighted by Gasteiger charge is 2.31. The highest BCUT2D eigenvalue weighted by molar-refractivity contribution is 5.89. The summed E-state index contributed by atoms with van der Waals surface area (Å²) in [5.74, 6) is -0.578. The fourth-order valence-corrected chi connectivity index (χ4v) is 3.91. The fourth-order valence-electron chi connectivity index (χ4n) is 3.91. The molecule has 7 heteroatoms. The Morgan fingerprint density at radius 1 is 0.943 bits per heavy atom. The molecule has 182 valence electrons. The number of hydrogen-bond acceptors (Lipinski definition) is 4. The molecule has 0 unspecified atom stereocenters. The lowest BCUT2D eigenvalue weighted by molar-refractivity contribution is -0.385. The Bertz CT molecular complexity index is 1150. The molecule has 0 saturated carbocycles. The lowest BCUT2D eigenvalue weighted by Gasteiger charge is -2.31. The van der Waals surface area contributed by atoms with Gasteiger partial charge in [-0.05, 0) is 24.5 Å². The van der Waals surface area contributed by atoms with Crippen molar-refractivity contribution in [1.82, 2.24) is 10.2 Å². The van der Waals surface area contributed by atoms with Crippen molar-refractivity contribution in [1.29, 1.82) is 0 Å². The summed E-state index contributed by atoms with van der Waals surface area (Å²) in [4.78, 5) is 39.6. The zero-order chi connectivity index (χ0) is 25.2. The minimum Gasteiger partial charge on any atom is -0.354 e. The van der Waals surface area contributed by atoms with Gasteiger partial charge in [0.15, 0.2) is 0 Å². The van der Waals surface area contributed by atoms with Crippen molar-refractivity contribution < 1.29 is 14.5 Å². The van der Waals surface area contributed by atoms with E-state index in [0.717, 1.165) is 23.1 Å². The van der Waals surface area contributed by atoms with Crippen LogP contribution in [-0.4, -0.2) is 34.2 Å². The maximum atomic E-state index is 13.7. The summed E-state index contributed by atoms with van der Waals surface area (Å²) in [6, 6.07) is 22.8. The number of aryl methyl sites for hydroxylation is 1. The number of amides is 2. The second-order valence-electron chi connectivity index (χ2n) is 8.57. The third kappa shape index (κ3) is 7.24. The molecule has 1 N–H and O–H groups in total. The predicted octanol–water partition coefficient (Wildman–Crippen LogP) is 4.61. The summed E-state index contributed by atoms with van der Waals surface area (Å²) in [7, 11) is 0. The molecule has 35 heavy (non-hydrogen) atoms. The fraction of sp³-hybridized carbons (Fsp3) is 0.286. The molecule has 0 spiro atoms. The molecule has 0 aliphatic rings. The summed E-state index contributed by atoms with van der Waals surface area (Å²) in [5, 5.41) is 14.4. The van der Waals surface area contributed by atoms with Gasteiger partial charge in [0.25, 0.3) is 5.69 Å². The normalized spacial score (nSPS) is 11.5. The van der Waals surface area contributed by atoms with Crippen molar-refractivity contribution in [3.63, 3.8) is 0 Å². The molecular formula is C28H31N3O4. The minimum atomic E-state index is -0.763. The quantitative estimate of drug-likeness (QED) is 0.325. The van der Waals surface area contributed by atoms with Gasteiger partial charge in [0.1, 0.15) is 6.04 Å². The molecule has 0 bridgehead atoms. The van der Waals surface area contributed by atoms with Gasteiger partial charge in [-0.25, -0.2) is 0 Å². The van der Waals surface area contributed by atoms with Crippen LogP contribution in [0.4, 0.5) is 5.69 Å². The van der Waals surface area contributed by atoms with Gasteiger partial charge in [-0.1, -0.05) is 85.3 Å². The van der Waals surface area contributed by atoms with Gasteiger partial charge in [-0.15, -0.1) is 0 Å². The first-order valence-corrected chi connectivity index (χ1v) is 11.8. The summed E-state index contributed by atoms with van der Waals surface area (Å²) in [6.45, 7) is 4.67. The first-order chi connectivity index (χ1) is 16.9. The second kappa shape index (κ2) is 12.5. The standard InChI is InChI=1S/C28H31N3O4/c1-3-17-29-28(33)26(18-22-9-5-4-6-10-22)30(20-23-15-13-21(2)14-16-23)27(32)19-24-11-7-8-12-25(24)31(34)35/h4-16,26H,3,17-20H2,1-2H3,(H,29,33)/t26-/m1/s1. The van der Waals surface area contributed by atoms with Crippen molar-refractivity contribution in [2.24, 2.45) is 0 Å². The van der Waals surface area contributed by atoms with Crippen molar-refractivity contribution in [3.8, 4) is 0 Å². The van der Waals surface area contributed by atoms with Crippen molar-refractivity contribution in [2.75, 3.05) is 6.54 Å². The molecule has 3 aromatic rings. The average molecular weight is 474 g/mol. The van der Waals surface area contributed by atoms with Crippen LogP contribution < -0.4 is 5.32 Å². The minimum absolute atomic E-state index is 0.105. The smallest absolute Gasteiger partial charge is 0.273 e. The zero-order valence-electron chi connectivity index (χ0n) is 20.1. The number of nitro benzene ring substituents is 1. The molecule has 7 nitrogen and oxygen atoms in total. The number of nitrogens with one attached hydrogen (secondary N) is 1. The monoisotopic (exact) mass is 473 g/mol. The molecular weight excluding hydrogens is 442 g/mol. The molecule has 0 fully saturated rings. The number of rotatable bonds is 11. The van der Waals surface area contributed by atoms with Crippen molar-refractivity contribution in [2.45, 2.75) is 45.7 Å². The summed E-state index contributed by atoms with van der Waals surface area (Å²) in [5.41, 5.74) is 3.12. The number of benzene rings is 3. The van der Waals surface area contributed by atoms with E-state index in [1.54, 1.807) is 23.1 Å². The maximum Gasteiger partial charge on any atom is 0.273 e. The number of nitrogens with zero attached hydrogens (tertiary/aromatic N) is 2. The molecule has 3 rings (SSSR count).